The first-order chi connectivity index (χ1) is 11.1. The highest BCUT2D eigenvalue weighted by Gasteiger charge is 2.18. The molecule has 0 unspecified atom stereocenters. The largest absolute Gasteiger partial charge is 0.393 e. The third-order valence-corrected chi connectivity index (χ3v) is 3.94. The van der Waals surface area contributed by atoms with Gasteiger partial charge in [-0.15, -0.1) is 0 Å². The van der Waals surface area contributed by atoms with Crippen molar-refractivity contribution in [3.05, 3.63) is 71.8 Å². The number of rotatable bonds is 7. The first-order valence-corrected chi connectivity index (χ1v) is 8.24. The lowest BCUT2D eigenvalue weighted by Crippen LogP contribution is -2.32. The normalized spacial score (nSPS) is 14.3. The molecule has 0 saturated carbocycles. The first kappa shape index (κ1) is 19.5. The topological polar surface area (TPSA) is 46.2 Å². The van der Waals surface area contributed by atoms with Gasteiger partial charge in [-0.25, -0.2) is 0 Å². The summed E-state index contributed by atoms with van der Waals surface area (Å²) in [6.45, 7) is 3.59. The highest BCUT2D eigenvalue weighted by Crippen LogP contribution is 2.16. The Balaban J connectivity index is 0.00000127. The summed E-state index contributed by atoms with van der Waals surface area (Å²) >= 11 is 0. The summed E-state index contributed by atoms with van der Waals surface area (Å²) in [5.74, 6) is 0.217. The van der Waals surface area contributed by atoms with E-state index in [0.717, 1.165) is 12.8 Å². The lowest BCUT2D eigenvalue weighted by molar-refractivity contribution is 0.100. The summed E-state index contributed by atoms with van der Waals surface area (Å²) in [7, 11) is 4.50. The average Bonchev–Trinajstić information content (AvgIpc) is 2.58. The van der Waals surface area contributed by atoms with Crippen molar-refractivity contribution in [3.63, 3.8) is 0 Å². The molecule has 23 heavy (non-hydrogen) atoms. The molecule has 0 aromatic heterocycles. The van der Waals surface area contributed by atoms with Gasteiger partial charge < -0.3 is 10.8 Å². The van der Waals surface area contributed by atoms with E-state index in [1.807, 2.05) is 36.4 Å². The van der Waals surface area contributed by atoms with Gasteiger partial charge in [0, 0.05) is 6.04 Å². The molecule has 2 radical (unpaired) electrons. The number of hydrogen-bond donors (Lipinski definition) is 2. The number of aliphatic hydroxyl groups excluding tert-OH is 1. The highest BCUT2D eigenvalue weighted by molar-refractivity contribution is 6.05. The van der Waals surface area contributed by atoms with E-state index in [1.165, 1.54) is 17.9 Å². The minimum absolute atomic E-state index is 0.000577. The molecule has 0 fully saturated rings. The van der Waals surface area contributed by atoms with Gasteiger partial charge in [-0.2, -0.15) is 0 Å². The Morgan fingerprint density at radius 3 is 1.78 bits per heavy atom. The lowest BCUT2D eigenvalue weighted by atomic mass is 9.90. The Hall–Kier alpha value is -1.58. The molecule has 0 aliphatic heterocycles. The minimum Gasteiger partial charge on any atom is -0.393 e. The van der Waals surface area contributed by atoms with Gasteiger partial charge in [-0.05, 0) is 36.3 Å². The number of benzene rings is 2. The second-order valence-electron chi connectivity index (χ2n) is 5.92. The molecule has 0 saturated heterocycles. The fraction of sp³-hybridized carbons (Fsp3) is 0.400. The van der Waals surface area contributed by atoms with Crippen molar-refractivity contribution in [2.45, 2.75) is 45.2 Å². The molecule has 0 heterocycles. The van der Waals surface area contributed by atoms with E-state index in [9.17, 15) is 5.11 Å². The SMILES string of the molecule is C[C@@H](Cc1ccccc1)[C@@H](O)C[C@@H](N)Cc1ccccc1.[B]C. The van der Waals surface area contributed by atoms with Gasteiger partial charge in [0.15, 0.2) is 0 Å². The van der Waals surface area contributed by atoms with Crippen LogP contribution in [0.15, 0.2) is 60.7 Å². The van der Waals surface area contributed by atoms with E-state index in [4.69, 9.17) is 5.73 Å². The molecule has 0 spiro atoms. The van der Waals surface area contributed by atoms with E-state index >= 15 is 0 Å². The average molecular weight is 309 g/mol. The lowest BCUT2D eigenvalue weighted by Gasteiger charge is -2.22. The van der Waals surface area contributed by atoms with Gasteiger partial charge in [0.05, 0.1) is 14.0 Å². The fourth-order valence-corrected chi connectivity index (χ4v) is 2.66. The molecule has 3 N–H and O–H groups in total. The number of hydrogen-bond acceptors (Lipinski definition) is 2. The molecular formula is C20H28BNO. The van der Waals surface area contributed by atoms with Crippen molar-refractivity contribution in [2.24, 2.45) is 11.7 Å². The van der Waals surface area contributed by atoms with E-state index < -0.39 is 0 Å². The zero-order chi connectivity index (χ0) is 17.1. The van der Waals surface area contributed by atoms with Crippen LogP contribution in [0, 0.1) is 5.92 Å². The zero-order valence-corrected chi connectivity index (χ0v) is 14.2. The summed E-state index contributed by atoms with van der Waals surface area (Å²) < 4.78 is 0. The van der Waals surface area contributed by atoms with Crippen LogP contribution in [0.2, 0.25) is 6.82 Å². The summed E-state index contributed by atoms with van der Waals surface area (Å²) in [5, 5.41) is 10.3. The van der Waals surface area contributed by atoms with Crippen molar-refractivity contribution < 1.29 is 5.11 Å². The Bertz CT molecular complexity index is 518. The smallest absolute Gasteiger partial charge is 0.0606 e. The van der Waals surface area contributed by atoms with Crippen LogP contribution >= 0.6 is 0 Å². The van der Waals surface area contributed by atoms with Crippen molar-refractivity contribution in [1.29, 1.82) is 0 Å². The first-order valence-electron chi connectivity index (χ1n) is 8.24. The fourth-order valence-electron chi connectivity index (χ4n) is 2.66. The summed E-state index contributed by atoms with van der Waals surface area (Å²) in [4.78, 5) is 0. The van der Waals surface area contributed by atoms with Crippen LogP contribution in [0.4, 0.5) is 0 Å². The van der Waals surface area contributed by atoms with Crippen LogP contribution in [0.5, 0.6) is 0 Å². The van der Waals surface area contributed by atoms with Crippen molar-refractivity contribution >= 4 is 7.85 Å². The highest BCUT2D eigenvalue weighted by atomic mass is 16.3. The second-order valence-corrected chi connectivity index (χ2v) is 5.92. The molecule has 3 heteroatoms. The maximum atomic E-state index is 10.3. The zero-order valence-electron chi connectivity index (χ0n) is 14.2. The van der Waals surface area contributed by atoms with E-state index in [1.54, 1.807) is 0 Å². The van der Waals surface area contributed by atoms with Crippen molar-refractivity contribution in [3.8, 4) is 0 Å². The Morgan fingerprint density at radius 2 is 1.30 bits per heavy atom. The van der Waals surface area contributed by atoms with Crippen molar-refractivity contribution in [2.75, 3.05) is 0 Å². The number of aliphatic hydroxyl groups is 1. The molecule has 122 valence electrons. The quantitative estimate of drug-likeness (QED) is 0.770. The molecule has 2 aromatic rings. The van der Waals surface area contributed by atoms with Crippen LogP contribution in [0.1, 0.15) is 24.5 Å². The molecule has 0 aliphatic carbocycles. The van der Waals surface area contributed by atoms with E-state index in [2.05, 4.69) is 39.0 Å². The Morgan fingerprint density at radius 1 is 0.870 bits per heavy atom. The number of nitrogens with two attached hydrogens (primary N) is 1. The summed E-state index contributed by atoms with van der Waals surface area (Å²) in [6, 6.07) is 20.5. The molecular weight excluding hydrogens is 281 g/mol. The van der Waals surface area contributed by atoms with Gasteiger partial charge in [-0.3, -0.25) is 0 Å². The summed E-state index contributed by atoms with van der Waals surface area (Å²) in [6.07, 6.45) is 1.99. The van der Waals surface area contributed by atoms with Gasteiger partial charge in [-0.1, -0.05) is 74.4 Å². The Labute approximate surface area is 142 Å². The molecule has 0 aliphatic rings. The van der Waals surface area contributed by atoms with Crippen molar-refractivity contribution in [1.82, 2.24) is 0 Å². The molecule has 2 rings (SSSR count). The molecule has 0 bridgehead atoms. The van der Waals surface area contributed by atoms with Gasteiger partial charge in [0.25, 0.3) is 0 Å². The third-order valence-electron chi connectivity index (χ3n) is 3.94. The van der Waals surface area contributed by atoms with Crippen LogP contribution < -0.4 is 5.73 Å². The van der Waals surface area contributed by atoms with Gasteiger partial charge in [0.1, 0.15) is 0 Å². The Kier molecular flexibility index (Phi) is 9.34. The molecule has 2 nitrogen and oxygen atoms in total. The third kappa shape index (κ3) is 7.49. The second kappa shape index (κ2) is 11.0. The van der Waals surface area contributed by atoms with E-state index in [-0.39, 0.29) is 18.1 Å². The van der Waals surface area contributed by atoms with E-state index in [0.29, 0.717) is 6.42 Å². The predicted octanol–water partition coefficient (Wildman–Crippen LogP) is 3.39. The van der Waals surface area contributed by atoms with Gasteiger partial charge in [0.2, 0.25) is 0 Å². The van der Waals surface area contributed by atoms with Crippen LogP contribution in [-0.4, -0.2) is 25.1 Å². The molecule has 3 atom stereocenters. The monoisotopic (exact) mass is 309 g/mol. The van der Waals surface area contributed by atoms with Gasteiger partial charge >= 0.3 is 0 Å². The molecule has 0 amide bonds. The van der Waals surface area contributed by atoms with Crippen LogP contribution in [0.25, 0.3) is 0 Å². The standard InChI is InChI=1S/C19H25NO.CH3B/c1-15(12-16-8-4-2-5-9-16)19(21)14-18(20)13-17-10-6-3-7-11-17;1-2/h2-11,15,18-19,21H,12-14,20H2,1H3;1H3/t15-,18-,19-;/m0./s1. The van der Waals surface area contributed by atoms with Crippen LogP contribution in [0.3, 0.4) is 0 Å². The maximum Gasteiger partial charge on any atom is 0.0606 e. The minimum atomic E-state index is -0.357. The van der Waals surface area contributed by atoms with Crippen LogP contribution in [-0.2, 0) is 12.8 Å². The molecule has 2 aromatic carbocycles. The maximum absolute atomic E-state index is 10.3. The summed E-state index contributed by atoms with van der Waals surface area (Å²) in [5.41, 5.74) is 8.67. The predicted molar refractivity (Wildman–Crippen MR) is 99.7 cm³/mol.